The van der Waals surface area contributed by atoms with E-state index < -0.39 is 12.1 Å². The molecule has 2 fully saturated rings. The third-order valence-electron chi connectivity index (χ3n) is 4.00. The summed E-state index contributed by atoms with van der Waals surface area (Å²) in [5, 5.41) is 2.55. The molecule has 118 valence electrons. The van der Waals surface area contributed by atoms with Crippen molar-refractivity contribution in [2.75, 3.05) is 32.8 Å². The van der Waals surface area contributed by atoms with Gasteiger partial charge < -0.3 is 15.0 Å². The molecule has 2 saturated heterocycles. The van der Waals surface area contributed by atoms with Crippen molar-refractivity contribution in [3.63, 3.8) is 0 Å². The van der Waals surface area contributed by atoms with Crippen LogP contribution in [0.2, 0.25) is 0 Å². The number of nitrogens with zero attached hydrogens (tertiary/aromatic N) is 3. The zero-order valence-electron chi connectivity index (χ0n) is 12.4. The van der Waals surface area contributed by atoms with Crippen LogP contribution in [-0.2, 0) is 16.1 Å². The van der Waals surface area contributed by atoms with Gasteiger partial charge in [-0.05, 0) is 18.1 Å². The zero-order valence-corrected chi connectivity index (χ0v) is 12.4. The summed E-state index contributed by atoms with van der Waals surface area (Å²) in [6.45, 7) is 4.14. The second kappa shape index (κ2) is 6.74. The average Bonchev–Trinajstić information content (AvgIpc) is 2.83. The molecule has 1 N–H and O–H groups in total. The van der Waals surface area contributed by atoms with Gasteiger partial charge in [-0.1, -0.05) is 6.07 Å². The zero-order chi connectivity index (χ0) is 15.4. The first-order valence-corrected chi connectivity index (χ1v) is 7.56. The predicted molar refractivity (Wildman–Crippen MR) is 79.0 cm³/mol. The fourth-order valence-electron chi connectivity index (χ4n) is 2.84. The minimum Gasteiger partial charge on any atom is -0.447 e. The van der Waals surface area contributed by atoms with Crippen LogP contribution in [0.4, 0.5) is 4.79 Å². The number of nitrogens with one attached hydrogen (secondary N) is 1. The number of rotatable bonds is 3. The highest BCUT2D eigenvalue weighted by molar-refractivity contribution is 5.87. The number of alkyl carbamates (subject to hydrolysis) is 1. The average molecular weight is 304 g/mol. The summed E-state index contributed by atoms with van der Waals surface area (Å²) < 4.78 is 4.79. The molecular formula is C15H20N4O3. The fraction of sp³-hybridized carbons (Fsp3) is 0.533. The van der Waals surface area contributed by atoms with Gasteiger partial charge >= 0.3 is 6.09 Å². The Kier molecular flexibility index (Phi) is 4.53. The molecule has 0 aromatic carbocycles. The Morgan fingerprint density at radius 1 is 1.36 bits per heavy atom. The Balaban J connectivity index is 1.53. The van der Waals surface area contributed by atoms with Crippen LogP contribution in [0.25, 0.3) is 0 Å². The van der Waals surface area contributed by atoms with Gasteiger partial charge in [-0.25, -0.2) is 4.79 Å². The van der Waals surface area contributed by atoms with Crippen LogP contribution in [0.3, 0.4) is 0 Å². The molecule has 3 rings (SSSR count). The molecule has 0 unspecified atom stereocenters. The second-order valence-electron chi connectivity index (χ2n) is 5.61. The second-order valence-corrected chi connectivity index (χ2v) is 5.61. The molecule has 0 saturated carbocycles. The quantitative estimate of drug-likeness (QED) is 0.865. The van der Waals surface area contributed by atoms with Crippen molar-refractivity contribution in [1.29, 1.82) is 0 Å². The number of carbonyl (C=O) groups excluding carboxylic acids is 2. The number of carbonyl (C=O) groups is 2. The Bertz CT molecular complexity index is 537. The number of ether oxygens (including phenoxy) is 1. The molecule has 2 amide bonds. The summed E-state index contributed by atoms with van der Waals surface area (Å²) in [6, 6.07) is 3.47. The van der Waals surface area contributed by atoms with E-state index in [-0.39, 0.29) is 12.5 Å². The molecule has 0 aliphatic carbocycles. The maximum Gasteiger partial charge on any atom is 0.407 e. The first-order valence-electron chi connectivity index (χ1n) is 7.56. The fourth-order valence-corrected chi connectivity index (χ4v) is 2.84. The van der Waals surface area contributed by atoms with Crippen molar-refractivity contribution in [3.8, 4) is 0 Å². The van der Waals surface area contributed by atoms with E-state index in [1.165, 1.54) is 5.56 Å². The Morgan fingerprint density at radius 2 is 2.27 bits per heavy atom. The summed E-state index contributed by atoms with van der Waals surface area (Å²) in [7, 11) is 0. The first kappa shape index (κ1) is 14.8. The number of hydrogen-bond acceptors (Lipinski definition) is 5. The number of amides is 2. The third-order valence-corrected chi connectivity index (χ3v) is 4.00. The Hall–Kier alpha value is -2.15. The lowest BCUT2D eigenvalue weighted by molar-refractivity contribution is -0.133. The summed E-state index contributed by atoms with van der Waals surface area (Å²) >= 11 is 0. The maximum absolute atomic E-state index is 12.4. The molecule has 7 heteroatoms. The molecule has 2 aliphatic rings. The number of hydrogen-bond donors (Lipinski definition) is 1. The minimum absolute atomic E-state index is 0.0472. The molecular weight excluding hydrogens is 284 g/mol. The molecule has 0 bridgehead atoms. The highest BCUT2D eigenvalue weighted by Gasteiger charge is 2.32. The Morgan fingerprint density at radius 3 is 3.00 bits per heavy atom. The van der Waals surface area contributed by atoms with E-state index in [2.05, 4.69) is 21.3 Å². The molecule has 2 aliphatic heterocycles. The molecule has 1 aromatic rings. The van der Waals surface area contributed by atoms with Crippen LogP contribution < -0.4 is 5.32 Å². The summed E-state index contributed by atoms with van der Waals surface area (Å²) in [6.07, 6.45) is 4.06. The summed E-state index contributed by atoms with van der Waals surface area (Å²) in [5.74, 6) is -0.0472. The monoisotopic (exact) mass is 304 g/mol. The van der Waals surface area contributed by atoms with E-state index in [9.17, 15) is 9.59 Å². The molecule has 1 atom stereocenters. The molecule has 1 aromatic heterocycles. The standard InChI is InChI=1S/C15H20N4O3/c20-14(13-11-22-15(21)17-13)19-6-2-5-18(7-8-19)10-12-3-1-4-16-9-12/h1,3-4,9,13H,2,5-8,10-11H2,(H,17,21)/t13-/m0/s1. The van der Waals surface area contributed by atoms with Crippen molar-refractivity contribution in [1.82, 2.24) is 20.1 Å². The van der Waals surface area contributed by atoms with Gasteiger partial charge in [-0.3, -0.25) is 14.7 Å². The molecule has 0 spiro atoms. The lowest BCUT2D eigenvalue weighted by atomic mass is 10.2. The van der Waals surface area contributed by atoms with Gasteiger partial charge in [0.1, 0.15) is 12.6 Å². The molecule has 7 nitrogen and oxygen atoms in total. The van der Waals surface area contributed by atoms with Crippen molar-refractivity contribution < 1.29 is 14.3 Å². The van der Waals surface area contributed by atoms with E-state index in [4.69, 9.17) is 4.74 Å². The van der Waals surface area contributed by atoms with Crippen LogP contribution in [0, 0.1) is 0 Å². The SMILES string of the molecule is O=C1N[C@H](C(=O)N2CCCN(Cc3cccnc3)CC2)CO1. The smallest absolute Gasteiger partial charge is 0.407 e. The van der Waals surface area contributed by atoms with Gasteiger partial charge in [0.2, 0.25) is 5.91 Å². The maximum atomic E-state index is 12.4. The lowest BCUT2D eigenvalue weighted by Crippen LogP contribution is -2.46. The minimum atomic E-state index is -0.530. The first-order chi connectivity index (χ1) is 10.7. The highest BCUT2D eigenvalue weighted by Crippen LogP contribution is 2.10. The Labute approximate surface area is 129 Å². The molecule has 3 heterocycles. The van der Waals surface area contributed by atoms with Crippen LogP contribution in [0.15, 0.2) is 24.5 Å². The van der Waals surface area contributed by atoms with Gasteiger partial charge in [-0.15, -0.1) is 0 Å². The van der Waals surface area contributed by atoms with Gasteiger partial charge in [0.25, 0.3) is 0 Å². The predicted octanol–water partition coefficient (Wildman–Crippen LogP) is 0.224. The lowest BCUT2D eigenvalue weighted by Gasteiger charge is -2.23. The van der Waals surface area contributed by atoms with Gasteiger partial charge in [0.15, 0.2) is 0 Å². The topological polar surface area (TPSA) is 74.8 Å². The van der Waals surface area contributed by atoms with E-state index in [1.54, 1.807) is 6.20 Å². The largest absolute Gasteiger partial charge is 0.447 e. The van der Waals surface area contributed by atoms with Crippen molar-refractivity contribution in [3.05, 3.63) is 30.1 Å². The third kappa shape index (κ3) is 3.54. The van der Waals surface area contributed by atoms with Crippen LogP contribution >= 0.6 is 0 Å². The highest BCUT2D eigenvalue weighted by atomic mass is 16.6. The van der Waals surface area contributed by atoms with Gasteiger partial charge in [0.05, 0.1) is 0 Å². The van der Waals surface area contributed by atoms with Crippen LogP contribution in [0.1, 0.15) is 12.0 Å². The van der Waals surface area contributed by atoms with E-state index in [0.29, 0.717) is 6.54 Å². The van der Waals surface area contributed by atoms with Crippen molar-refractivity contribution >= 4 is 12.0 Å². The number of pyridine rings is 1. The van der Waals surface area contributed by atoms with E-state index in [0.717, 1.165) is 32.6 Å². The van der Waals surface area contributed by atoms with Gasteiger partial charge in [0, 0.05) is 45.1 Å². The van der Waals surface area contributed by atoms with E-state index >= 15 is 0 Å². The van der Waals surface area contributed by atoms with Crippen LogP contribution in [-0.4, -0.2) is 65.6 Å². The van der Waals surface area contributed by atoms with E-state index in [1.807, 2.05) is 17.2 Å². The van der Waals surface area contributed by atoms with Crippen molar-refractivity contribution in [2.24, 2.45) is 0 Å². The van der Waals surface area contributed by atoms with Crippen LogP contribution in [0.5, 0.6) is 0 Å². The van der Waals surface area contributed by atoms with Gasteiger partial charge in [-0.2, -0.15) is 0 Å². The summed E-state index contributed by atoms with van der Waals surface area (Å²) in [5.41, 5.74) is 1.18. The molecule has 22 heavy (non-hydrogen) atoms. The molecule has 0 radical (unpaired) electrons. The summed E-state index contributed by atoms with van der Waals surface area (Å²) in [4.78, 5) is 31.7. The normalized spacial score (nSPS) is 22.8. The van der Waals surface area contributed by atoms with Crippen molar-refractivity contribution in [2.45, 2.75) is 19.0 Å². The number of aromatic nitrogens is 1. The number of cyclic esters (lactones) is 1.